The van der Waals surface area contributed by atoms with Crippen LogP contribution >= 0.6 is 0 Å². The third-order valence-electron chi connectivity index (χ3n) is 4.72. The van der Waals surface area contributed by atoms with E-state index in [1.54, 1.807) is 17.0 Å². The second-order valence-electron chi connectivity index (χ2n) is 6.82. The quantitative estimate of drug-likeness (QED) is 0.766. The average molecular weight is 366 g/mol. The monoisotopic (exact) mass is 366 g/mol. The number of rotatable bonds is 6. The molecule has 27 heavy (non-hydrogen) atoms. The van der Waals surface area contributed by atoms with Crippen molar-refractivity contribution in [3.8, 4) is 11.5 Å². The Morgan fingerprint density at radius 2 is 1.78 bits per heavy atom. The van der Waals surface area contributed by atoms with E-state index in [4.69, 9.17) is 4.74 Å². The molecule has 5 nitrogen and oxygen atoms in total. The predicted molar refractivity (Wildman–Crippen MR) is 105 cm³/mol. The molecule has 0 unspecified atom stereocenters. The van der Waals surface area contributed by atoms with Gasteiger partial charge in [-0.1, -0.05) is 25.1 Å². The van der Waals surface area contributed by atoms with Gasteiger partial charge in [0.2, 0.25) is 0 Å². The van der Waals surface area contributed by atoms with E-state index >= 15 is 0 Å². The minimum atomic E-state index is -0.146. The maximum Gasteiger partial charge on any atom is 0.317 e. The van der Waals surface area contributed by atoms with Crippen molar-refractivity contribution < 1.29 is 14.3 Å². The molecule has 3 rings (SSSR count). The van der Waals surface area contributed by atoms with E-state index in [1.165, 1.54) is 0 Å². The first-order valence-corrected chi connectivity index (χ1v) is 9.57. The number of Topliss-reactive ketones (excluding diaryl/α,β-unsaturated/α-hetero) is 1. The van der Waals surface area contributed by atoms with Gasteiger partial charge in [-0.05, 0) is 55.7 Å². The first-order valence-electron chi connectivity index (χ1n) is 9.57. The summed E-state index contributed by atoms with van der Waals surface area (Å²) in [5, 5.41) is 2.89. The van der Waals surface area contributed by atoms with E-state index < -0.39 is 0 Å². The number of carbonyl (C=O) groups excluding carboxylic acids is 2. The fourth-order valence-electron chi connectivity index (χ4n) is 3.27. The fraction of sp³-hybridized carbons (Fsp3) is 0.364. The van der Waals surface area contributed by atoms with Gasteiger partial charge in [-0.15, -0.1) is 0 Å². The molecule has 2 aromatic rings. The Labute approximate surface area is 160 Å². The van der Waals surface area contributed by atoms with Crippen molar-refractivity contribution in [1.29, 1.82) is 0 Å². The SMILES string of the molecule is CCCNC(=O)N1CCC[C@H](C(=O)c2ccc(Oc3ccccc3)cc2)C1. The average Bonchev–Trinajstić information content (AvgIpc) is 2.73. The van der Waals surface area contributed by atoms with E-state index in [2.05, 4.69) is 5.32 Å². The van der Waals surface area contributed by atoms with Crippen molar-refractivity contribution in [2.24, 2.45) is 5.92 Å². The summed E-state index contributed by atoms with van der Waals surface area (Å²) in [4.78, 5) is 26.8. The fourth-order valence-corrected chi connectivity index (χ4v) is 3.27. The molecule has 2 aromatic carbocycles. The third-order valence-corrected chi connectivity index (χ3v) is 4.72. The number of amides is 2. The van der Waals surface area contributed by atoms with Gasteiger partial charge < -0.3 is 15.0 Å². The lowest BCUT2D eigenvalue weighted by molar-refractivity contribution is 0.0846. The molecular formula is C22H26N2O3. The van der Waals surface area contributed by atoms with Crippen LogP contribution < -0.4 is 10.1 Å². The Kier molecular flexibility index (Phi) is 6.47. The summed E-state index contributed by atoms with van der Waals surface area (Å²) >= 11 is 0. The van der Waals surface area contributed by atoms with Gasteiger partial charge in [0.05, 0.1) is 0 Å². The number of piperidine rings is 1. The maximum absolute atomic E-state index is 12.9. The van der Waals surface area contributed by atoms with Crippen molar-refractivity contribution in [2.75, 3.05) is 19.6 Å². The van der Waals surface area contributed by atoms with Crippen molar-refractivity contribution in [2.45, 2.75) is 26.2 Å². The first-order chi connectivity index (χ1) is 13.2. The van der Waals surface area contributed by atoms with Gasteiger partial charge in [-0.3, -0.25) is 4.79 Å². The van der Waals surface area contributed by atoms with Crippen LogP contribution in [0.3, 0.4) is 0 Å². The summed E-state index contributed by atoms with van der Waals surface area (Å²) in [5.41, 5.74) is 0.663. The normalized spacial score (nSPS) is 16.6. The van der Waals surface area contributed by atoms with Gasteiger partial charge in [0.15, 0.2) is 5.78 Å². The van der Waals surface area contributed by atoms with E-state index in [1.807, 2.05) is 49.4 Å². The molecule has 1 heterocycles. The highest BCUT2D eigenvalue weighted by Gasteiger charge is 2.28. The number of ether oxygens (including phenoxy) is 1. The molecule has 0 aliphatic carbocycles. The van der Waals surface area contributed by atoms with E-state index in [0.29, 0.717) is 30.9 Å². The zero-order valence-electron chi connectivity index (χ0n) is 15.7. The minimum Gasteiger partial charge on any atom is -0.457 e. The second-order valence-corrected chi connectivity index (χ2v) is 6.82. The van der Waals surface area contributed by atoms with Gasteiger partial charge in [0, 0.05) is 31.1 Å². The van der Waals surface area contributed by atoms with E-state index in [9.17, 15) is 9.59 Å². The number of hydrogen-bond donors (Lipinski definition) is 1. The highest BCUT2D eigenvalue weighted by molar-refractivity contribution is 5.98. The minimum absolute atomic E-state index is 0.0686. The van der Waals surface area contributed by atoms with E-state index in [-0.39, 0.29) is 17.7 Å². The van der Waals surface area contributed by atoms with E-state index in [0.717, 1.165) is 25.0 Å². The Morgan fingerprint density at radius 3 is 2.48 bits per heavy atom. The Morgan fingerprint density at radius 1 is 1.07 bits per heavy atom. The number of benzene rings is 2. The lowest BCUT2D eigenvalue weighted by Gasteiger charge is -2.32. The molecule has 0 bridgehead atoms. The molecule has 1 atom stereocenters. The molecule has 0 aromatic heterocycles. The van der Waals surface area contributed by atoms with Crippen LogP contribution in [-0.2, 0) is 0 Å². The Balaban J connectivity index is 1.60. The number of hydrogen-bond acceptors (Lipinski definition) is 3. The summed E-state index contributed by atoms with van der Waals surface area (Å²) in [7, 11) is 0. The van der Waals surface area contributed by atoms with Gasteiger partial charge in [-0.2, -0.15) is 0 Å². The summed E-state index contributed by atoms with van der Waals surface area (Å²) in [6.45, 7) is 3.88. The number of ketones is 1. The van der Waals surface area contributed by atoms with Gasteiger partial charge in [-0.25, -0.2) is 4.79 Å². The molecule has 1 aliphatic rings. The topological polar surface area (TPSA) is 58.6 Å². The number of likely N-dealkylation sites (tertiary alicyclic amines) is 1. The van der Waals surface area contributed by atoms with Crippen LogP contribution in [0.4, 0.5) is 4.79 Å². The van der Waals surface area contributed by atoms with Crippen LogP contribution in [0.1, 0.15) is 36.5 Å². The molecule has 2 amide bonds. The van der Waals surface area contributed by atoms with Crippen molar-refractivity contribution in [1.82, 2.24) is 10.2 Å². The molecule has 0 saturated carbocycles. The highest BCUT2D eigenvalue weighted by atomic mass is 16.5. The third kappa shape index (κ3) is 5.09. The molecular weight excluding hydrogens is 340 g/mol. The largest absolute Gasteiger partial charge is 0.457 e. The van der Waals surface area contributed by atoms with Crippen molar-refractivity contribution in [3.05, 3.63) is 60.2 Å². The number of carbonyl (C=O) groups is 2. The second kappa shape index (κ2) is 9.21. The lowest BCUT2D eigenvalue weighted by atomic mass is 9.90. The first kappa shape index (κ1) is 19.0. The molecule has 1 saturated heterocycles. The summed E-state index contributed by atoms with van der Waals surface area (Å²) in [5.74, 6) is 1.40. The van der Waals surface area contributed by atoms with Gasteiger partial charge in [0.1, 0.15) is 11.5 Å². The summed E-state index contributed by atoms with van der Waals surface area (Å²) < 4.78 is 5.77. The molecule has 142 valence electrons. The highest BCUT2D eigenvalue weighted by Crippen LogP contribution is 2.24. The molecule has 1 N–H and O–H groups in total. The summed E-state index contributed by atoms with van der Waals surface area (Å²) in [6, 6.07) is 16.7. The smallest absolute Gasteiger partial charge is 0.317 e. The zero-order chi connectivity index (χ0) is 19.1. The van der Waals surface area contributed by atoms with Crippen LogP contribution in [0.25, 0.3) is 0 Å². The number of urea groups is 1. The molecule has 1 aliphatic heterocycles. The number of nitrogens with zero attached hydrogens (tertiary/aromatic N) is 1. The molecule has 0 radical (unpaired) electrons. The lowest BCUT2D eigenvalue weighted by Crippen LogP contribution is -2.47. The molecule has 0 spiro atoms. The van der Waals surface area contributed by atoms with Gasteiger partial charge in [0.25, 0.3) is 0 Å². The number of para-hydroxylation sites is 1. The molecule has 1 fully saturated rings. The standard InChI is InChI=1S/C22H26N2O3/c1-2-14-23-22(26)24-15-6-7-18(16-24)21(25)17-10-12-20(13-11-17)27-19-8-4-3-5-9-19/h3-5,8-13,18H,2,6-7,14-16H2,1H3,(H,23,26)/t18-/m0/s1. The van der Waals surface area contributed by atoms with Crippen molar-refractivity contribution in [3.63, 3.8) is 0 Å². The van der Waals surface area contributed by atoms with Crippen molar-refractivity contribution >= 4 is 11.8 Å². The predicted octanol–water partition coefficient (Wildman–Crippen LogP) is 4.49. The van der Waals surface area contributed by atoms with Crippen LogP contribution in [0.5, 0.6) is 11.5 Å². The van der Waals surface area contributed by atoms with Crippen LogP contribution in [-0.4, -0.2) is 36.3 Å². The Bertz CT molecular complexity index is 759. The number of nitrogens with one attached hydrogen (secondary N) is 1. The zero-order valence-corrected chi connectivity index (χ0v) is 15.7. The Hall–Kier alpha value is -2.82. The summed E-state index contributed by atoms with van der Waals surface area (Å²) in [6.07, 6.45) is 2.57. The maximum atomic E-state index is 12.9. The van der Waals surface area contributed by atoms with Gasteiger partial charge >= 0.3 is 6.03 Å². The molecule has 5 heteroatoms. The van der Waals surface area contributed by atoms with Crippen LogP contribution in [0.15, 0.2) is 54.6 Å². The van der Waals surface area contributed by atoms with Crippen LogP contribution in [0.2, 0.25) is 0 Å². The van der Waals surface area contributed by atoms with Crippen LogP contribution in [0, 0.1) is 5.92 Å².